The predicted octanol–water partition coefficient (Wildman–Crippen LogP) is 14.2. The van der Waals surface area contributed by atoms with Crippen molar-refractivity contribution in [2.45, 2.75) is 0 Å². The molecule has 0 aliphatic rings. The number of benzene rings is 9. The van der Waals surface area contributed by atoms with Crippen LogP contribution in [0.5, 0.6) is 0 Å². The van der Waals surface area contributed by atoms with Gasteiger partial charge < -0.3 is 17.9 Å². The molecule has 58 heavy (non-hydrogen) atoms. The maximum atomic E-state index is 2.57. The Morgan fingerprint density at radius 3 is 1.00 bits per heavy atom. The summed E-state index contributed by atoms with van der Waals surface area (Å²) in [7, 11) is 0. The molecular weight excluding hydrogens is 705 g/mol. The summed E-state index contributed by atoms with van der Waals surface area (Å²) >= 11 is 0. The van der Waals surface area contributed by atoms with Crippen molar-refractivity contribution in [1.82, 2.24) is 17.9 Å². The Morgan fingerprint density at radius 2 is 0.569 bits per heavy atom. The normalized spacial score (nSPS) is 12.8. The second-order valence-corrected chi connectivity index (χ2v) is 16.1. The summed E-state index contributed by atoms with van der Waals surface area (Å²) in [5.74, 6) is 0. The molecule has 0 bridgehead atoms. The van der Waals surface area contributed by atoms with Crippen LogP contribution in [0.25, 0.3) is 131 Å². The summed E-state index contributed by atoms with van der Waals surface area (Å²) < 4.78 is 10.1. The first-order chi connectivity index (χ1) is 28.8. The minimum atomic E-state index is 1.17. The van der Waals surface area contributed by atoms with Crippen LogP contribution in [0.15, 0.2) is 182 Å². The van der Waals surface area contributed by atoms with Crippen LogP contribution in [0.4, 0.5) is 0 Å². The number of hydrogen-bond acceptors (Lipinski definition) is 0. The van der Waals surface area contributed by atoms with Gasteiger partial charge in [-0.15, -0.1) is 0 Å². The highest BCUT2D eigenvalue weighted by Crippen LogP contribution is 2.51. The Balaban J connectivity index is 1.23. The van der Waals surface area contributed by atoms with Crippen LogP contribution in [0.1, 0.15) is 0 Å². The van der Waals surface area contributed by atoms with Crippen LogP contribution in [0.2, 0.25) is 0 Å². The molecule has 0 radical (unpaired) electrons. The molecule has 0 N–H and O–H groups in total. The fourth-order valence-corrected chi connectivity index (χ4v) is 11.2. The van der Waals surface area contributed by atoms with Gasteiger partial charge in [-0.1, -0.05) is 109 Å². The first kappa shape index (κ1) is 29.5. The summed E-state index contributed by atoms with van der Waals surface area (Å²) in [4.78, 5) is 0. The molecule has 4 nitrogen and oxygen atoms in total. The standard InChI is InChI=1S/C54H30N4/c1-3-15-31(16-4-1)55-43-25-13-9-21-35(43)49-47(55)27-37-33-19-7-11-23-41(33)57-45-30-40-46(29-39(45)51(49)53(37)57)58-42-24-12-8-20-34(42)38-28-48-50(52(40)54(38)58)36-22-10-14-26-44(36)56(48)32-17-5-2-6-18-32/h1-30H. The van der Waals surface area contributed by atoms with E-state index in [0.717, 1.165) is 0 Å². The number of aromatic nitrogens is 4. The van der Waals surface area contributed by atoms with Crippen LogP contribution in [0.3, 0.4) is 0 Å². The van der Waals surface area contributed by atoms with Gasteiger partial charge in [-0.25, -0.2) is 0 Å². The van der Waals surface area contributed by atoms with Gasteiger partial charge in [-0.2, -0.15) is 0 Å². The molecule has 9 aromatic carbocycles. The van der Waals surface area contributed by atoms with E-state index in [1.807, 2.05) is 0 Å². The Kier molecular flexibility index (Phi) is 5.14. The second-order valence-electron chi connectivity index (χ2n) is 16.1. The van der Waals surface area contributed by atoms with E-state index in [-0.39, 0.29) is 0 Å². The average molecular weight is 735 g/mol. The van der Waals surface area contributed by atoms with E-state index < -0.39 is 0 Å². The number of hydrogen-bond donors (Lipinski definition) is 0. The molecule has 0 amide bonds. The van der Waals surface area contributed by atoms with Gasteiger partial charge in [-0.05, 0) is 72.8 Å². The molecule has 0 saturated heterocycles. The molecule has 0 fully saturated rings. The quantitative estimate of drug-likeness (QED) is 0.168. The Bertz CT molecular complexity index is 3960. The molecule has 0 aliphatic carbocycles. The highest BCUT2D eigenvalue weighted by atomic mass is 15.0. The van der Waals surface area contributed by atoms with Gasteiger partial charge in [0.05, 0.1) is 55.2 Å². The van der Waals surface area contributed by atoms with Gasteiger partial charge in [0.1, 0.15) is 0 Å². The maximum absolute atomic E-state index is 2.57. The van der Waals surface area contributed by atoms with Gasteiger partial charge in [0.2, 0.25) is 0 Å². The second kappa shape index (κ2) is 10.1. The summed E-state index contributed by atoms with van der Waals surface area (Å²) in [5, 5.41) is 15.5. The van der Waals surface area contributed by atoms with Gasteiger partial charge >= 0.3 is 0 Å². The first-order valence-corrected chi connectivity index (χ1v) is 20.1. The molecule has 0 atom stereocenters. The summed E-state index contributed by atoms with van der Waals surface area (Å²) in [6.45, 7) is 0. The zero-order chi connectivity index (χ0) is 37.4. The molecule has 266 valence electrons. The van der Waals surface area contributed by atoms with Crippen LogP contribution < -0.4 is 0 Å². The van der Waals surface area contributed by atoms with E-state index in [0.29, 0.717) is 0 Å². The SMILES string of the molecule is c1ccc(-n2c3ccccc3c3c4c5cc6c(cc5n5c7ccccc7c(cc32)c45)c2c3c4ccccc4n(-c4ccccc4)c3cc3c4ccccc4n6c32)cc1. The third-order valence-corrected chi connectivity index (χ3v) is 13.3. The number of fused-ring (bicyclic) bond motifs is 20. The number of para-hydroxylation sites is 6. The molecule has 0 saturated carbocycles. The zero-order valence-electron chi connectivity index (χ0n) is 31.1. The highest BCUT2D eigenvalue weighted by Gasteiger charge is 2.28. The summed E-state index contributed by atoms with van der Waals surface area (Å²) in [6, 6.07) is 67.6. The van der Waals surface area contributed by atoms with Gasteiger partial charge in [0, 0.05) is 76.0 Å². The lowest BCUT2D eigenvalue weighted by Crippen LogP contribution is -1.92. The topological polar surface area (TPSA) is 18.7 Å². The van der Waals surface area contributed by atoms with E-state index in [4.69, 9.17) is 0 Å². The molecule has 0 unspecified atom stereocenters. The first-order valence-electron chi connectivity index (χ1n) is 20.1. The molecule has 15 rings (SSSR count). The minimum Gasteiger partial charge on any atom is -0.309 e. The van der Waals surface area contributed by atoms with Crippen LogP contribution in [-0.4, -0.2) is 17.9 Å². The van der Waals surface area contributed by atoms with Crippen molar-refractivity contribution >= 4 is 120 Å². The molecule has 0 spiro atoms. The van der Waals surface area contributed by atoms with Crippen molar-refractivity contribution in [3.63, 3.8) is 0 Å². The lowest BCUT2D eigenvalue weighted by atomic mass is 9.99. The van der Waals surface area contributed by atoms with Crippen LogP contribution >= 0.6 is 0 Å². The Hall–Kier alpha value is -7.82. The Morgan fingerprint density at radius 1 is 0.224 bits per heavy atom. The summed E-state index contributed by atoms with van der Waals surface area (Å²) in [5.41, 5.74) is 14.8. The average Bonchev–Trinajstić information content (AvgIpc) is 4.11. The molecule has 0 aliphatic heterocycles. The third-order valence-electron chi connectivity index (χ3n) is 13.3. The molecule has 6 heterocycles. The van der Waals surface area contributed by atoms with Gasteiger partial charge in [-0.3, -0.25) is 0 Å². The van der Waals surface area contributed by atoms with Crippen molar-refractivity contribution < 1.29 is 0 Å². The smallest absolute Gasteiger partial charge is 0.0628 e. The van der Waals surface area contributed by atoms with E-state index in [1.54, 1.807) is 0 Å². The van der Waals surface area contributed by atoms with Crippen molar-refractivity contribution in [2.24, 2.45) is 0 Å². The van der Waals surface area contributed by atoms with E-state index in [2.05, 4.69) is 200 Å². The zero-order valence-corrected chi connectivity index (χ0v) is 31.1. The fraction of sp³-hybridized carbons (Fsp3) is 0. The van der Waals surface area contributed by atoms with E-state index in [9.17, 15) is 0 Å². The number of rotatable bonds is 2. The third kappa shape index (κ3) is 3.30. The lowest BCUT2D eigenvalue weighted by molar-refractivity contribution is 1.18. The Labute approximate surface area is 329 Å². The molecule has 15 aromatic rings. The fourth-order valence-electron chi connectivity index (χ4n) is 11.2. The van der Waals surface area contributed by atoms with E-state index >= 15 is 0 Å². The van der Waals surface area contributed by atoms with Crippen molar-refractivity contribution in [1.29, 1.82) is 0 Å². The van der Waals surface area contributed by atoms with Crippen LogP contribution in [-0.2, 0) is 0 Å². The monoisotopic (exact) mass is 734 g/mol. The van der Waals surface area contributed by atoms with Crippen molar-refractivity contribution in [3.8, 4) is 11.4 Å². The van der Waals surface area contributed by atoms with E-state index in [1.165, 1.54) is 131 Å². The predicted molar refractivity (Wildman–Crippen MR) is 244 cm³/mol. The lowest BCUT2D eigenvalue weighted by Gasteiger charge is -2.08. The molecule has 6 aromatic heterocycles. The number of nitrogens with zero attached hydrogens (tertiary/aromatic N) is 4. The highest BCUT2D eigenvalue weighted by molar-refractivity contribution is 6.40. The van der Waals surface area contributed by atoms with Gasteiger partial charge in [0.15, 0.2) is 0 Å². The summed E-state index contributed by atoms with van der Waals surface area (Å²) in [6.07, 6.45) is 0. The molecular formula is C54H30N4. The largest absolute Gasteiger partial charge is 0.309 e. The van der Waals surface area contributed by atoms with Gasteiger partial charge in [0.25, 0.3) is 0 Å². The maximum Gasteiger partial charge on any atom is 0.0628 e. The molecule has 4 heteroatoms. The minimum absolute atomic E-state index is 1.17. The van der Waals surface area contributed by atoms with Crippen molar-refractivity contribution in [3.05, 3.63) is 182 Å². The van der Waals surface area contributed by atoms with Crippen molar-refractivity contribution in [2.75, 3.05) is 0 Å². The van der Waals surface area contributed by atoms with Crippen LogP contribution in [0, 0.1) is 0 Å².